The molecule has 0 fully saturated rings. The molecule has 0 saturated heterocycles. The number of nitrogens with zero attached hydrogens (tertiary/aromatic N) is 2. The lowest BCUT2D eigenvalue weighted by Crippen LogP contribution is -1.86. The van der Waals surface area contributed by atoms with Gasteiger partial charge in [-0.1, -0.05) is 24.3 Å². The van der Waals surface area contributed by atoms with Crippen LogP contribution in [0.15, 0.2) is 58.7 Å². The fourth-order valence-electron chi connectivity index (χ4n) is 1.36. The zero-order chi connectivity index (χ0) is 12.8. The third-order valence-corrected chi connectivity index (χ3v) is 2.35. The maximum atomic E-state index is 5.59. The highest BCUT2D eigenvalue weighted by atomic mass is 15.2. The molecule has 2 aromatic rings. The Bertz CT molecular complexity index is 500. The van der Waals surface area contributed by atoms with Crippen LogP contribution in [0.1, 0.15) is 11.1 Å². The molecule has 0 atom stereocenters. The van der Waals surface area contributed by atoms with E-state index in [1.54, 1.807) is 12.4 Å². The Morgan fingerprint density at radius 1 is 0.611 bits per heavy atom. The summed E-state index contributed by atoms with van der Waals surface area (Å²) in [4.78, 5) is 0. The number of hydrogen-bond acceptors (Lipinski definition) is 4. The molecule has 2 aromatic carbocycles. The molecule has 0 amide bonds. The average molecular weight is 238 g/mol. The Hall–Kier alpha value is -2.62. The molecule has 0 radical (unpaired) electrons. The fraction of sp³-hybridized carbons (Fsp3) is 0. The summed E-state index contributed by atoms with van der Waals surface area (Å²) in [5.41, 5.74) is 14.6. The van der Waals surface area contributed by atoms with E-state index in [-0.39, 0.29) is 0 Å². The number of nitrogens with two attached hydrogens (primary N) is 2. The SMILES string of the molecule is Nc1ccc(/C=N/N=C/c2ccc(N)cc2)cc1. The van der Waals surface area contributed by atoms with Crippen LogP contribution in [0, 0.1) is 0 Å². The van der Waals surface area contributed by atoms with Crippen LogP contribution in [-0.2, 0) is 0 Å². The predicted molar refractivity (Wildman–Crippen MR) is 76.9 cm³/mol. The zero-order valence-corrected chi connectivity index (χ0v) is 9.82. The third-order valence-electron chi connectivity index (χ3n) is 2.35. The minimum absolute atomic E-state index is 0.734. The topological polar surface area (TPSA) is 76.8 Å². The highest BCUT2D eigenvalue weighted by Crippen LogP contribution is 2.04. The highest BCUT2D eigenvalue weighted by Gasteiger charge is 1.88. The minimum Gasteiger partial charge on any atom is -0.399 e. The first-order valence-electron chi connectivity index (χ1n) is 5.51. The molecule has 0 aliphatic heterocycles. The largest absolute Gasteiger partial charge is 0.399 e. The summed E-state index contributed by atoms with van der Waals surface area (Å²) in [6.45, 7) is 0. The minimum atomic E-state index is 0.734. The van der Waals surface area contributed by atoms with Gasteiger partial charge in [-0.2, -0.15) is 10.2 Å². The quantitative estimate of drug-likeness (QED) is 0.489. The van der Waals surface area contributed by atoms with Crippen LogP contribution in [-0.4, -0.2) is 12.4 Å². The average Bonchev–Trinajstić information content (AvgIpc) is 2.39. The Morgan fingerprint density at radius 3 is 1.28 bits per heavy atom. The summed E-state index contributed by atoms with van der Waals surface area (Å²) in [5.74, 6) is 0. The smallest absolute Gasteiger partial charge is 0.0568 e. The summed E-state index contributed by atoms with van der Waals surface area (Å²) in [6, 6.07) is 14.8. The second kappa shape index (κ2) is 5.63. The van der Waals surface area contributed by atoms with Crippen LogP contribution >= 0.6 is 0 Å². The Labute approximate surface area is 106 Å². The second-order valence-corrected chi connectivity index (χ2v) is 3.82. The van der Waals surface area contributed by atoms with Crippen molar-refractivity contribution in [1.29, 1.82) is 0 Å². The summed E-state index contributed by atoms with van der Waals surface area (Å²) in [5, 5.41) is 7.92. The number of nitrogen functional groups attached to an aromatic ring is 2. The van der Waals surface area contributed by atoms with E-state index in [4.69, 9.17) is 11.5 Å². The van der Waals surface area contributed by atoms with E-state index in [0.717, 1.165) is 22.5 Å². The molecule has 0 spiro atoms. The first kappa shape index (κ1) is 11.9. The van der Waals surface area contributed by atoms with Gasteiger partial charge in [0.05, 0.1) is 12.4 Å². The normalized spacial score (nSPS) is 11.3. The molecular formula is C14H14N4. The predicted octanol–water partition coefficient (Wildman–Crippen LogP) is 2.30. The van der Waals surface area contributed by atoms with Crippen molar-refractivity contribution in [1.82, 2.24) is 0 Å². The van der Waals surface area contributed by atoms with Crippen LogP contribution in [0.5, 0.6) is 0 Å². The molecule has 4 heteroatoms. The van der Waals surface area contributed by atoms with Gasteiger partial charge >= 0.3 is 0 Å². The van der Waals surface area contributed by atoms with Crippen LogP contribution in [0.2, 0.25) is 0 Å². The molecule has 0 aliphatic carbocycles. The van der Waals surface area contributed by atoms with Crippen molar-refractivity contribution in [3.63, 3.8) is 0 Å². The lowest BCUT2D eigenvalue weighted by atomic mass is 10.2. The van der Waals surface area contributed by atoms with Crippen LogP contribution in [0.4, 0.5) is 11.4 Å². The maximum absolute atomic E-state index is 5.59. The number of rotatable bonds is 3. The molecule has 0 saturated carbocycles. The summed E-state index contributed by atoms with van der Waals surface area (Å²) in [6.07, 6.45) is 3.35. The van der Waals surface area contributed by atoms with Gasteiger partial charge in [-0.15, -0.1) is 0 Å². The highest BCUT2D eigenvalue weighted by molar-refractivity contribution is 5.83. The summed E-state index contributed by atoms with van der Waals surface area (Å²) in [7, 11) is 0. The van der Waals surface area contributed by atoms with E-state index in [0.29, 0.717) is 0 Å². The Morgan fingerprint density at radius 2 is 0.944 bits per heavy atom. The van der Waals surface area contributed by atoms with E-state index >= 15 is 0 Å². The lowest BCUT2D eigenvalue weighted by Gasteiger charge is -1.93. The molecule has 2 rings (SSSR count). The van der Waals surface area contributed by atoms with Crippen LogP contribution in [0.3, 0.4) is 0 Å². The van der Waals surface area contributed by atoms with Gasteiger partial charge in [0.25, 0.3) is 0 Å². The van der Waals surface area contributed by atoms with E-state index in [2.05, 4.69) is 10.2 Å². The van der Waals surface area contributed by atoms with Crippen LogP contribution < -0.4 is 11.5 Å². The van der Waals surface area contributed by atoms with E-state index < -0.39 is 0 Å². The van der Waals surface area contributed by atoms with Gasteiger partial charge in [0.1, 0.15) is 0 Å². The molecule has 0 bridgehead atoms. The molecule has 0 aromatic heterocycles. The van der Waals surface area contributed by atoms with Gasteiger partial charge in [-0.05, 0) is 35.4 Å². The molecular weight excluding hydrogens is 224 g/mol. The molecule has 0 unspecified atom stereocenters. The van der Waals surface area contributed by atoms with Gasteiger partial charge in [0.15, 0.2) is 0 Å². The molecule has 0 aliphatic rings. The monoisotopic (exact) mass is 238 g/mol. The number of anilines is 2. The molecule has 18 heavy (non-hydrogen) atoms. The standard InChI is InChI=1S/C14H14N4/c15-13-5-1-11(2-6-13)9-17-18-10-12-3-7-14(16)8-4-12/h1-10H,15-16H2/b17-9+,18-10+. The lowest BCUT2D eigenvalue weighted by molar-refractivity contribution is 1.26. The molecule has 90 valence electrons. The van der Waals surface area contributed by atoms with Crippen LogP contribution in [0.25, 0.3) is 0 Å². The molecule has 4 N–H and O–H groups in total. The molecule has 0 heterocycles. The van der Waals surface area contributed by atoms with Gasteiger partial charge in [0, 0.05) is 11.4 Å². The number of hydrogen-bond donors (Lipinski definition) is 2. The third kappa shape index (κ3) is 3.45. The van der Waals surface area contributed by atoms with E-state index in [1.165, 1.54) is 0 Å². The van der Waals surface area contributed by atoms with Gasteiger partial charge in [-0.25, -0.2) is 0 Å². The fourth-order valence-corrected chi connectivity index (χ4v) is 1.36. The first-order valence-corrected chi connectivity index (χ1v) is 5.51. The first-order chi connectivity index (χ1) is 8.74. The van der Waals surface area contributed by atoms with Crippen molar-refractivity contribution in [3.05, 3.63) is 59.7 Å². The van der Waals surface area contributed by atoms with Crippen molar-refractivity contribution in [2.24, 2.45) is 10.2 Å². The van der Waals surface area contributed by atoms with Crippen molar-refractivity contribution in [3.8, 4) is 0 Å². The summed E-state index contributed by atoms with van der Waals surface area (Å²) < 4.78 is 0. The summed E-state index contributed by atoms with van der Waals surface area (Å²) >= 11 is 0. The number of benzene rings is 2. The van der Waals surface area contributed by atoms with Gasteiger partial charge in [0.2, 0.25) is 0 Å². The van der Waals surface area contributed by atoms with Crippen molar-refractivity contribution in [2.75, 3.05) is 11.5 Å². The van der Waals surface area contributed by atoms with Crippen molar-refractivity contribution in [2.45, 2.75) is 0 Å². The van der Waals surface area contributed by atoms with E-state index in [1.807, 2.05) is 48.5 Å². The van der Waals surface area contributed by atoms with Gasteiger partial charge < -0.3 is 11.5 Å². The Balaban J connectivity index is 1.98. The maximum Gasteiger partial charge on any atom is 0.0568 e. The molecule has 4 nitrogen and oxygen atoms in total. The zero-order valence-electron chi connectivity index (χ0n) is 9.82. The van der Waals surface area contributed by atoms with Gasteiger partial charge in [-0.3, -0.25) is 0 Å². The Kier molecular flexibility index (Phi) is 3.71. The second-order valence-electron chi connectivity index (χ2n) is 3.82. The van der Waals surface area contributed by atoms with E-state index in [9.17, 15) is 0 Å². The van der Waals surface area contributed by atoms with Crippen molar-refractivity contribution < 1.29 is 0 Å². The van der Waals surface area contributed by atoms with Crippen molar-refractivity contribution >= 4 is 23.8 Å².